The van der Waals surface area contributed by atoms with Crippen LogP contribution in [-0.4, -0.2) is 42.0 Å². The maximum Gasteiger partial charge on any atom is 0.331 e. The van der Waals surface area contributed by atoms with Crippen LogP contribution in [0.3, 0.4) is 0 Å². The van der Waals surface area contributed by atoms with E-state index in [1.54, 1.807) is 20.8 Å². The van der Waals surface area contributed by atoms with Gasteiger partial charge >= 0.3 is 11.9 Å². The first kappa shape index (κ1) is 18.7. The smallest absolute Gasteiger partial charge is 0.331 e. The Kier molecular flexibility index (Phi) is 6.75. The Bertz CT molecular complexity index is 553. The number of hydrogen-bond donors (Lipinski definition) is 0. The van der Waals surface area contributed by atoms with Crippen LogP contribution in [0.15, 0.2) is 30.3 Å². The fraction of sp³-hybridized carbons (Fsp3) is 0.471. The standard InChI is InChI=1S/C17H23NO5/c1-5-23-15(20)11-14(19)18(17(2,3)16(21)22-4)12-13-9-7-6-8-10-13/h6-10H,5,11-12H2,1-4H3. The van der Waals surface area contributed by atoms with Gasteiger partial charge in [0.2, 0.25) is 5.91 Å². The van der Waals surface area contributed by atoms with Crippen LogP contribution in [0.2, 0.25) is 0 Å². The maximum absolute atomic E-state index is 12.5. The molecule has 0 aromatic heterocycles. The Labute approximate surface area is 136 Å². The molecule has 0 aliphatic carbocycles. The number of nitrogens with zero attached hydrogens (tertiary/aromatic N) is 1. The van der Waals surface area contributed by atoms with E-state index in [0.717, 1.165) is 5.56 Å². The molecule has 0 unspecified atom stereocenters. The van der Waals surface area contributed by atoms with E-state index in [1.165, 1.54) is 12.0 Å². The molecule has 6 heteroatoms. The first-order valence-electron chi connectivity index (χ1n) is 7.41. The van der Waals surface area contributed by atoms with Crippen LogP contribution in [0.25, 0.3) is 0 Å². The molecule has 0 fully saturated rings. The highest BCUT2D eigenvalue weighted by molar-refractivity contribution is 5.97. The van der Waals surface area contributed by atoms with Crippen molar-refractivity contribution in [2.75, 3.05) is 13.7 Å². The van der Waals surface area contributed by atoms with Crippen molar-refractivity contribution < 1.29 is 23.9 Å². The highest BCUT2D eigenvalue weighted by Gasteiger charge is 2.39. The van der Waals surface area contributed by atoms with Crippen molar-refractivity contribution >= 4 is 17.8 Å². The minimum atomic E-state index is -1.20. The molecule has 1 amide bonds. The van der Waals surface area contributed by atoms with E-state index in [9.17, 15) is 14.4 Å². The van der Waals surface area contributed by atoms with Crippen molar-refractivity contribution in [3.8, 4) is 0 Å². The molecule has 0 saturated carbocycles. The van der Waals surface area contributed by atoms with Gasteiger partial charge in [-0.3, -0.25) is 9.59 Å². The number of carbonyl (C=O) groups excluding carboxylic acids is 3. The Balaban J connectivity index is 3.03. The van der Waals surface area contributed by atoms with Crippen LogP contribution in [0.1, 0.15) is 32.8 Å². The zero-order valence-electron chi connectivity index (χ0n) is 14.0. The Morgan fingerprint density at radius 3 is 2.26 bits per heavy atom. The normalized spacial score (nSPS) is 10.8. The summed E-state index contributed by atoms with van der Waals surface area (Å²) in [5.41, 5.74) is -0.351. The molecule has 6 nitrogen and oxygen atoms in total. The second-order valence-corrected chi connectivity index (χ2v) is 5.50. The van der Waals surface area contributed by atoms with Crippen molar-refractivity contribution in [1.82, 2.24) is 4.90 Å². The van der Waals surface area contributed by atoms with Crippen LogP contribution >= 0.6 is 0 Å². The number of amides is 1. The summed E-state index contributed by atoms with van der Waals surface area (Å²) in [6, 6.07) is 9.23. The van der Waals surface area contributed by atoms with Crippen molar-refractivity contribution in [3.05, 3.63) is 35.9 Å². The van der Waals surface area contributed by atoms with Gasteiger partial charge in [0.15, 0.2) is 0 Å². The molecule has 0 radical (unpaired) electrons. The molecule has 23 heavy (non-hydrogen) atoms. The highest BCUT2D eigenvalue weighted by atomic mass is 16.5. The minimum absolute atomic E-state index is 0.196. The SMILES string of the molecule is CCOC(=O)CC(=O)N(Cc1ccccc1)C(C)(C)C(=O)OC. The second kappa shape index (κ2) is 8.31. The first-order valence-corrected chi connectivity index (χ1v) is 7.41. The third-order valence-corrected chi connectivity index (χ3v) is 3.45. The number of benzene rings is 1. The Hall–Kier alpha value is -2.37. The molecule has 0 bridgehead atoms. The van der Waals surface area contributed by atoms with Gasteiger partial charge in [-0.1, -0.05) is 30.3 Å². The first-order chi connectivity index (χ1) is 10.8. The molecule has 0 N–H and O–H groups in total. The van der Waals surface area contributed by atoms with Crippen LogP contribution < -0.4 is 0 Å². The molecule has 0 heterocycles. The molecular formula is C17H23NO5. The van der Waals surface area contributed by atoms with E-state index < -0.39 is 29.8 Å². The van der Waals surface area contributed by atoms with E-state index in [-0.39, 0.29) is 13.2 Å². The van der Waals surface area contributed by atoms with E-state index >= 15 is 0 Å². The summed E-state index contributed by atoms with van der Waals surface area (Å²) < 4.78 is 9.60. The predicted octanol–water partition coefficient (Wildman–Crippen LogP) is 1.92. The zero-order chi connectivity index (χ0) is 17.5. The van der Waals surface area contributed by atoms with Gasteiger partial charge in [-0.25, -0.2) is 4.79 Å². The van der Waals surface area contributed by atoms with Gasteiger partial charge in [0, 0.05) is 6.54 Å². The predicted molar refractivity (Wildman–Crippen MR) is 84.3 cm³/mol. The quantitative estimate of drug-likeness (QED) is 0.567. The maximum atomic E-state index is 12.5. The zero-order valence-corrected chi connectivity index (χ0v) is 14.0. The lowest BCUT2D eigenvalue weighted by atomic mass is 10.0. The topological polar surface area (TPSA) is 72.9 Å². The molecule has 126 valence electrons. The number of carbonyl (C=O) groups is 3. The summed E-state index contributed by atoms with van der Waals surface area (Å²) in [5.74, 6) is -1.65. The lowest BCUT2D eigenvalue weighted by molar-refractivity contribution is -0.163. The summed E-state index contributed by atoms with van der Waals surface area (Å²) in [5, 5.41) is 0. The van der Waals surface area contributed by atoms with Gasteiger partial charge in [0.05, 0.1) is 13.7 Å². The average molecular weight is 321 g/mol. The lowest BCUT2D eigenvalue weighted by Gasteiger charge is -2.36. The van der Waals surface area contributed by atoms with Gasteiger partial charge in [0.25, 0.3) is 0 Å². The van der Waals surface area contributed by atoms with Crippen LogP contribution in [0, 0.1) is 0 Å². The fourth-order valence-corrected chi connectivity index (χ4v) is 2.15. The summed E-state index contributed by atoms with van der Waals surface area (Å²) in [4.78, 5) is 37.5. The van der Waals surface area contributed by atoms with E-state index in [1.807, 2.05) is 30.3 Å². The Morgan fingerprint density at radius 2 is 1.74 bits per heavy atom. The molecule has 1 rings (SSSR count). The molecule has 0 spiro atoms. The summed E-state index contributed by atoms with van der Waals surface area (Å²) in [7, 11) is 1.26. The van der Waals surface area contributed by atoms with E-state index in [4.69, 9.17) is 9.47 Å². The molecule has 0 saturated heterocycles. The van der Waals surface area contributed by atoms with Crippen LogP contribution in [0.5, 0.6) is 0 Å². The summed E-state index contributed by atoms with van der Waals surface area (Å²) in [6.45, 7) is 5.24. The molecule has 1 aromatic rings. The molecule has 1 aromatic carbocycles. The van der Waals surface area contributed by atoms with E-state index in [0.29, 0.717) is 0 Å². The summed E-state index contributed by atoms with van der Waals surface area (Å²) in [6.07, 6.45) is -0.416. The third-order valence-electron chi connectivity index (χ3n) is 3.45. The van der Waals surface area contributed by atoms with Gasteiger partial charge in [-0.15, -0.1) is 0 Å². The third kappa shape index (κ3) is 5.09. The highest BCUT2D eigenvalue weighted by Crippen LogP contribution is 2.21. The van der Waals surface area contributed by atoms with Gasteiger partial charge < -0.3 is 14.4 Å². The number of hydrogen-bond acceptors (Lipinski definition) is 5. The number of ether oxygens (including phenoxy) is 2. The van der Waals surface area contributed by atoms with Gasteiger partial charge in [-0.05, 0) is 26.3 Å². The van der Waals surface area contributed by atoms with Crippen LogP contribution in [-0.2, 0) is 30.4 Å². The van der Waals surface area contributed by atoms with Gasteiger partial charge in [0.1, 0.15) is 12.0 Å². The molecule has 0 atom stereocenters. The molecule has 0 aliphatic heterocycles. The largest absolute Gasteiger partial charge is 0.467 e. The summed E-state index contributed by atoms with van der Waals surface area (Å²) >= 11 is 0. The second-order valence-electron chi connectivity index (χ2n) is 5.50. The number of esters is 2. The van der Waals surface area contributed by atoms with Crippen molar-refractivity contribution in [1.29, 1.82) is 0 Å². The average Bonchev–Trinajstić information content (AvgIpc) is 2.52. The van der Waals surface area contributed by atoms with Gasteiger partial charge in [-0.2, -0.15) is 0 Å². The number of rotatable bonds is 7. The Morgan fingerprint density at radius 1 is 1.13 bits per heavy atom. The lowest BCUT2D eigenvalue weighted by Crippen LogP contribution is -2.53. The minimum Gasteiger partial charge on any atom is -0.467 e. The fourth-order valence-electron chi connectivity index (χ4n) is 2.15. The van der Waals surface area contributed by atoms with E-state index in [2.05, 4.69) is 0 Å². The van der Waals surface area contributed by atoms with Crippen molar-refractivity contribution in [2.24, 2.45) is 0 Å². The molecular weight excluding hydrogens is 298 g/mol. The number of methoxy groups -OCH3 is 1. The van der Waals surface area contributed by atoms with Crippen molar-refractivity contribution in [3.63, 3.8) is 0 Å². The van der Waals surface area contributed by atoms with Crippen LogP contribution in [0.4, 0.5) is 0 Å². The molecule has 0 aliphatic rings. The monoisotopic (exact) mass is 321 g/mol. The van der Waals surface area contributed by atoms with Crippen molar-refractivity contribution in [2.45, 2.75) is 39.3 Å².